The van der Waals surface area contributed by atoms with Gasteiger partial charge in [0.05, 0.1) is 17.1 Å². The van der Waals surface area contributed by atoms with Crippen molar-refractivity contribution in [1.82, 2.24) is 24.6 Å². The van der Waals surface area contributed by atoms with Gasteiger partial charge in [-0.3, -0.25) is 14.9 Å². The third-order valence-electron chi connectivity index (χ3n) is 5.66. The van der Waals surface area contributed by atoms with Crippen LogP contribution in [0.3, 0.4) is 0 Å². The number of fused-ring (bicyclic) bond motifs is 1. The molecule has 0 amide bonds. The van der Waals surface area contributed by atoms with E-state index in [4.69, 9.17) is 5.10 Å². The largest absolute Gasteiger partial charge is 0.297 e. The average molecular weight is 345 g/mol. The number of hydrogen-bond donors (Lipinski definition) is 0. The van der Waals surface area contributed by atoms with Crippen LogP contribution in [0, 0.1) is 0 Å². The first-order valence-corrected chi connectivity index (χ1v) is 9.52. The molecule has 5 rings (SSSR count). The van der Waals surface area contributed by atoms with E-state index >= 15 is 0 Å². The summed E-state index contributed by atoms with van der Waals surface area (Å²) in [4.78, 5) is 11.2. The smallest absolute Gasteiger partial charge is 0.0804 e. The summed E-state index contributed by atoms with van der Waals surface area (Å²) in [6, 6.07) is 10.5. The molecule has 0 saturated carbocycles. The number of hydrogen-bond acceptors (Lipinski definition) is 4. The predicted molar refractivity (Wildman–Crippen MR) is 100 cm³/mol. The van der Waals surface area contributed by atoms with Gasteiger partial charge in [0.1, 0.15) is 0 Å². The summed E-state index contributed by atoms with van der Waals surface area (Å²) in [6.45, 7) is 3.10. The van der Waals surface area contributed by atoms with Gasteiger partial charge in [0.15, 0.2) is 0 Å². The minimum absolute atomic E-state index is 0.493. The highest BCUT2D eigenvalue weighted by molar-refractivity contribution is 5.39. The topological polar surface area (TPSA) is 46.8 Å². The van der Waals surface area contributed by atoms with Crippen LogP contribution < -0.4 is 0 Å². The van der Waals surface area contributed by atoms with E-state index in [2.05, 4.69) is 49.9 Å². The lowest BCUT2D eigenvalue weighted by Gasteiger charge is -2.15. The van der Waals surface area contributed by atoms with Crippen LogP contribution in [0.4, 0.5) is 0 Å². The Hall–Kier alpha value is -2.53. The first-order chi connectivity index (χ1) is 12.9. The van der Waals surface area contributed by atoms with Crippen LogP contribution in [0.5, 0.6) is 0 Å². The molecule has 2 aliphatic rings. The van der Waals surface area contributed by atoms with E-state index in [0.29, 0.717) is 5.92 Å². The van der Waals surface area contributed by atoms with Gasteiger partial charge in [-0.05, 0) is 49.9 Å². The van der Waals surface area contributed by atoms with E-state index in [1.165, 1.54) is 35.5 Å². The van der Waals surface area contributed by atoms with Gasteiger partial charge >= 0.3 is 0 Å². The van der Waals surface area contributed by atoms with Gasteiger partial charge in [0, 0.05) is 43.3 Å². The van der Waals surface area contributed by atoms with Crippen molar-refractivity contribution in [2.45, 2.75) is 38.1 Å². The molecule has 3 heterocycles. The van der Waals surface area contributed by atoms with Gasteiger partial charge < -0.3 is 0 Å². The number of likely N-dealkylation sites (tertiary alicyclic amines) is 1. The lowest BCUT2D eigenvalue weighted by molar-refractivity contribution is 0.320. The molecule has 2 aromatic heterocycles. The molecule has 1 aliphatic carbocycles. The molecule has 3 aromatic rings. The molecule has 132 valence electrons. The molecule has 1 atom stereocenters. The molecule has 1 unspecified atom stereocenters. The number of rotatable bonds is 4. The Balaban J connectivity index is 1.37. The molecular formula is C21H23N5. The molecular weight excluding hydrogens is 322 g/mol. The quantitative estimate of drug-likeness (QED) is 0.729. The van der Waals surface area contributed by atoms with Gasteiger partial charge in [0.2, 0.25) is 0 Å². The maximum absolute atomic E-state index is 5.01. The highest BCUT2D eigenvalue weighted by Crippen LogP contribution is 2.31. The molecule has 0 spiro atoms. The number of nitrogens with zero attached hydrogens (tertiary/aromatic N) is 5. The molecule has 1 saturated heterocycles. The van der Waals surface area contributed by atoms with Gasteiger partial charge in [-0.15, -0.1) is 0 Å². The van der Waals surface area contributed by atoms with Crippen LogP contribution in [0.2, 0.25) is 0 Å². The Kier molecular flexibility index (Phi) is 4.02. The molecule has 0 bridgehead atoms. The lowest BCUT2D eigenvalue weighted by Crippen LogP contribution is -2.21. The molecule has 1 aliphatic heterocycles. The Morgan fingerprint density at radius 3 is 2.85 bits per heavy atom. The Morgan fingerprint density at radius 1 is 1.08 bits per heavy atom. The molecule has 5 heteroatoms. The SMILES string of the molecule is c1ccc(-n2nc(CN3CCC(c4cnccn4)C3)c3c2CCC3)cc1. The Morgan fingerprint density at radius 2 is 2.00 bits per heavy atom. The minimum atomic E-state index is 0.493. The van der Waals surface area contributed by atoms with E-state index in [9.17, 15) is 0 Å². The summed E-state index contributed by atoms with van der Waals surface area (Å²) in [7, 11) is 0. The fourth-order valence-corrected chi connectivity index (χ4v) is 4.37. The summed E-state index contributed by atoms with van der Waals surface area (Å²) in [5.41, 5.74) is 6.46. The average Bonchev–Trinajstić information content (AvgIpc) is 3.41. The summed E-state index contributed by atoms with van der Waals surface area (Å²) < 4.78 is 2.17. The second-order valence-electron chi connectivity index (χ2n) is 7.32. The third-order valence-corrected chi connectivity index (χ3v) is 5.66. The zero-order valence-electron chi connectivity index (χ0n) is 14.9. The second-order valence-corrected chi connectivity index (χ2v) is 7.32. The second kappa shape index (κ2) is 6.65. The van der Waals surface area contributed by atoms with Crippen molar-refractivity contribution < 1.29 is 0 Å². The van der Waals surface area contributed by atoms with Gasteiger partial charge in [-0.2, -0.15) is 5.10 Å². The lowest BCUT2D eigenvalue weighted by atomic mass is 10.1. The molecule has 26 heavy (non-hydrogen) atoms. The molecule has 0 N–H and O–H groups in total. The summed E-state index contributed by atoms with van der Waals surface area (Å²) in [5, 5.41) is 5.01. The zero-order valence-corrected chi connectivity index (χ0v) is 14.9. The minimum Gasteiger partial charge on any atom is -0.297 e. The van der Waals surface area contributed by atoms with Crippen LogP contribution in [0.25, 0.3) is 5.69 Å². The first-order valence-electron chi connectivity index (χ1n) is 9.52. The summed E-state index contributed by atoms with van der Waals surface area (Å²) in [6.07, 6.45) is 10.2. The van der Waals surface area contributed by atoms with E-state index < -0.39 is 0 Å². The summed E-state index contributed by atoms with van der Waals surface area (Å²) >= 11 is 0. The molecule has 1 fully saturated rings. The van der Waals surface area contributed by atoms with Gasteiger partial charge in [-0.25, -0.2) is 4.68 Å². The van der Waals surface area contributed by atoms with Crippen molar-refractivity contribution in [1.29, 1.82) is 0 Å². The van der Waals surface area contributed by atoms with Crippen molar-refractivity contribution in [2.75, 3.05) is 13.1 Å². The van der Waals surface area contributed by atoms with Crippen molar-refractivity contribution in [2.24, 2.45) is 0 Å². The summed E-state index contributed by atoms with van der Waals surface area (Å²) in [5.74, 6) is 0.493. The first kappa shape index (κ1) is 15.7. The van der Waals surface area contributed by atoms with E-state index in [1.807, 2.05) is 6.20 Å². The van der Waals surface area contributed by atoms with Gasteiger partial charge in [-0.1, -0.05) is 18.2 Å². The van der Waals surface area contributed by atoms with Crippen LogP contribution in [0.15, 0.2) is 48.9 Å². The van der Waals surface area contributed by atoms with Crippen LogP contribution in [0.1, 0.15) is 41.4 Å². The van der Waals surface area contributed by atoms with Crippen LogP contribution in [-0.2, 0) is 19.4 Å². The van der Waals surface area contributed by atoms with Crippen LogP contribution in [-0.4, -0.2) is 37.7 Å². The number of benzene rings is 1. The maximum Gasteiger partial charge on any atom is 0.0804 e. The van der Waals surface area contributed by atoms with E-state index in [-0.39, 0.29) is 0 Å². The monoisotopic (exact) mass is 345 g/mol. The van der Waals surface area contributed by atoms with Crippen molar-refractivity contribution in [3.05, 3.63) is 71.6 Å². The highest BCUT2D eigenvalue weighted by Gasteiger charge is 2.28. The normalized spacial score (nSPS) is 19.8. The molecule has 0 radical (unpaired) electrons. The van der Waals surface area contributed by atoms with Crippen molar-refractivity contribution in [3.63, 3.8) is 0 Å². The third kappa shape index (κ3) is 2.82. The van der Waals surface area contributed by atoms with Gasteiger partial charge in [0.25, 0.3) is 0 Å². The Bertz CT molecular complexity index is 888. The molecule has 1 aromatic carbocycles. The maximum atomic E-state index is 5.01. The Labute approximate surface area is 153 Å². The number of aromatic nitrogens is 4. The fraction of sp³-hybridized carbons (Fsp3) is 0.381. The zero-order chi connectivity index (χ0) is 17.3. The fourth-order valence-electron chi connectivity index (χ4n) is 4.37. The van der Waals surface area contributed by atoms with E-state index in [0.717, 1.165) is 38.2 Å². The highest BCUT2D eigenvalue weighted by atomic mass is 15.3. The van der Waals surface area contributed by atoms with E-state index in [1.54, 1.807) is 12.4 Å². The number of para-hydroxylation sites is 1. The van der Waals surface area contributed by atoms with Crippen molar-refractivity contribution >= 4 is 0 Å². The predicted octanol–water partition coefficient (Wildman–Crippen LogP) is 3.14. The van der Waals surface area contributed by atoms with Crippen LogP contribution >= 0.6 is 0 Å². The standard InChI is InChI=1S/C21H23N5/c1-2-5-17(6-3-1)26-21-8-4-7-18(21)20(24-26)15-25-12-9-16(14-25)19-13-22-10-11-23-19/h1-3,5-6,10-11,13,16H,4,7-9,12,14-15H2. The van der Waals surface area contributed by atoms with Crippen molar-refractivity contribution in [3.8, 4) is 5.69 Å². The molecule has 5 nitrogen and oxygen atoms in total.